The van der Waals surface area contributed by atoms with Crippen molar-refractivity contribution in [3.05, 3.63) is 72.3 Å². The summed E-state index contributed by atoms with van der Waals surface area (Å²) in [7, 11) is 0. The molecule has 0 heterocycles. The average molecular weight is 865 g/mol. The van der Waals surface area contributed by atoms with Crippen LogP contribution in [0.15, 0.2) is 66.8 Å². The Morgan fingerprint density at radius 1 is 0.581 bits per heavy atom. The Morgan fingerprint density at radius 2 is 1.10 bits per heavy atom. The van der Waals surface area contributed by atoms with Gasteiger partial charge in [0.1, 0.15) is 43.3 Å². The molecule has 1 fully saturated rings. The molecule has 3 rings (SSSR count). The van der Waals surface area contributed by atoms with Crippen LogP contribution < -0.4 is 9.47 Å². The molecule has 0 aliphatic heterocycles. The molecule has 340 valence electrons. The molecule has 0 atom stereocenters. The lowest BCUT2D eigenvalue weighted by molar-refractivity contribution is -0.178. The number of rotatable bonds is 25. The first-order chi connectivity index (χ1) is 29.7. The molecular weight excluding hydrogens is 801 g/mol. The van der Waals surface area contributed by atoms with Gasteiger partial charge in [-0.2, -0.15) is 0 Å². The Hall–Kier alpha value is -5.66. The number of carbonyl (C=O) groups is 6. The Kier molecular flexibility index (Phi) is 21.8. The normalized spacial score (nSPS) is 14.7. The van der Waals surface area contributed by atoms with Gasteiger partial charge in [-0.1, -0.05) is 76.8 Å². The summed E-state index contributed by atoms with van der Waals surface area (Å²) in [5.74, 6) is -4.06. The Labute approximate surface area is 365 Å². The summed E-state index contributed by atoms with van der Waals surface area (Å²) in [6, 6.07) is 13.4. The van der Waals surface area contributed by atoms with Crippen molar-refractivity contribution in [3.8, 4) is 22.6 Å². The number of carbonyl (C=O) groups excluding carboxylic acids is 6. The standard InChI is InChI=1S/C48H64O14/c1-8-11-12-14-35-16-18-36(19-17-35)28-58-40-23-20-37(21-24-40)38-22-25-41(39(27-38)15-13-26-57-42(49)33(4)5)59-29-48(30-60-43(50)34(6)7,31-61-46(53)44(51)55-9-2)32-62-47(54)45(52)56-10-3/h20-25,27,35-36H,4,6,8-19,26,28-32H2,1-3,5,7H3. The molecule has 0 aromatic heterocycles. The molecule has 2 aromatic rings. The smallest absolute Gasteiger partial charge is 0.417 e. The van der Waals surface area contributed by atoms with E-state index in [-0.39, 0.29) is 31.0 Å². The third-order valence-electron chi connectivity index (χ3n) is 10.4. The first kappa shape index (κ1) is 50.7. The van der Waals surface area contributed by atoms with Gasteiger partial charge in [-0.15, -0.1) is 0 Å². The van der Waals surface area contributed by atoms with Gasteiger partial charge in [0, 0.05) is 11.1 Å². The fourth-order valence-electron chi connectivity index (χ4n) is 6.73. The number of hydrogen-bond donors (Lipinski definition) is 0. The second kappa shape index (κ2) is 26.6. The SMILES string of the molecule is C=C(C)C(=O)OCCCc1cc(-c2ccc(OCC3CCC(CCCCC)CC3)cc2)ccc1OCC(COC(=O)C(=C)C)(COC(=O)C(=O)OCC)COC(=O)C(=O)OCC. The van der Waals surface area contributed by atoms with Gasteiger partial charge >= 0.3 is 35.8 Å². The highest BCUT2D eigenvalue weighted by atomic mass is 16.6. The molecule has 1 saturated carbocycles. The third-order valence-corrected chi connectivity index (χ3v) is 10.4. The van der Waals surface area contributed by atoms with E-state index in [0.717, 1.165) is 22.8 Å². The molecular formula is C48H64O14. The van der Waals surface area contributed by atoms with E-state index in [0.29, 0.717) is 36.7 Å². The Morgan fingerprint density at radius 3 is 1.65 bits per heavy atom. The molecule has 0 amide bonds. The molecule has 1 aliphatic rings. The van der Waals surface area contributed by atoms with Crippen molar-refractivity contribution in [1.82, 2.24) is 0 Å². The highest BCUT2D eigenvalue weighted by Crippen LogP contribution is 2.34. The first-order valence-corrected chi connectivity index (χ1v) is 21.5. The van der Waals surface area contributed by atoms with Crippen LogP contribution in [0.5, 0.6) is 11.5 Å². The fourth-order valence-corrected chi connectivity index (χ4v) is 6.73. The van der Waals surface area contributed by atoms with Crippen LogP contribution in [-0.4, -0.2) is 88.7 Å². The largest absolute Gasteiger partial charge is 0.493 e. The second-order valence-electron chi connectivity index (χ2n) is 15.8. The van der Waals surface area contributed by atoms with Crippen LogP contribution in [0.1, 0.15) is 98.0 Å². The van der Waals surface area contributed by atoms with Crippen LogP contribution in [0.4, 0.5) is 0 Å². The topological polar surface area (TPSA) is 176 Å². The molecule has 2 aromatic carbocycles. The van der Waals surface area contributed by atoms with Gasteiger partial charge in [-0.25, -0.2) is 28.8 Å². The van der Waals surface area contributed by atoms with Gasteiger partial charge in [0.15, 0.2) is 0 Å². The molecule has 0 N–H and O–H groups in total. The molecule has 62 heavy (non-hydrogen) atoms. The van der Waals surface area contributed by atoms with E-state index in [2.05, 4.69) is 20.1 Å². The van der Waals surface area contributed by atoms with Crippen molar-refractivity contribution >= 4 is 35.8 Å². The molecule has 14 heteroatoms. The number of hydrogen-bond acceptors (Lipinski definition) is 14. The fraction of sp³-hybridized carbons (Fsp3) is 0.542. The predicted molar refractivity (Wildman–Crippen MR) is 230 cm³/mol. The average Bonchev–Trinajstić information content (AvgIpc) is 3.27. The van der Waals surface area contributed by atoms with E-state index >= 15 is 0 Å². The van der Waals surface area contributed by atoms with Crippen molar-refractivity contribution < 1.29 is 66.7 Å². The van der Waals surface area contributed by atoms with E-state index in [1.165, 1.54) is 72.1 Å². The quantitative estimate of drug-likeness (QED) is 0.0310. The van der Waals surface area contributed by atoms with Gasteiger partial charge in [-0.3, -0.25) is 0 Å². The van der Waals surface area contributed by atoms with Gasteiger partial charge in [0.2, 0.25) is 0 Å². The van der Waals surface area contributed by atoms with Crippen LogP contribution in [0, 0.1) is 17.3 Å². The van der Waals surface area contributed by atoms with Crippen LogP contribution in [0.3, 0.4) is 0 Å². The molecule has 0 unspecified atom stereocenters. The third kappa shape index (κ3) is 17.4. The van der Waals surface area contributed by atoms with Gasteiger partial charge in [0.05, 0.1) is 26.4 Å². The summed E-state index contributed by atoms with van der Waals surface area (Å²) in [6.45, 7) is 13.7. The predicted octanol–water partition coefficient (Wildman–Crippen LogP) is 7.87. The van der Waals surface area contributed by atoms with Crippen molar-refractivity contribution in [2.45, 2.75) is 98.8 Å². The number of esters is 6. The van der Waals surface area contributed by atoms with E-state index in [1.807, 2.05) is 36.4 Å². The molecule has 14 nitrogen and oxygen atoms in total. The van der Waals surface area contributed by atoms with Crippen molar-refractivity contribution in [2.24, 2.45) is 17.3 Å². The van der Waals surface area contributed by atoms with Gasteiger partial charge in [-0.05, 0) is 106 Å². The van der Waals surface area contributed by atoms with E-state index in [9.17, 15) is 28.8 Å². The van der Waals surface area contributed by atoms with E-state index in [4.69, 9.17) is 37.9 Å². The molecule has 1 aliphatic carbocycles. The zero-order valence-corrected chi connectivity index (χ0v) is 37.1. The van der Waals surface area contributed by atoms with Crippen LogP contribution >= 0.6 is 0 Å². The second-order valence-corrected chi connectivity index (χ2v) is 15.8. The summed E-state index contributed by atoms with van der Waals surface area (Å²) in [4.78, 5) is 74.2. The van der Waals surface area contributed by atoms with Crippen molar-refractivity contribution in [1.29, 1.82) is 0 Å². The van der Waals surface area contributed by atoms with Gasteiger partial charge in [0.25, 0.3) is 0 Å². The number of unbranched alkanes of at least 4 members (excludes halogenated alkanes) is 2. The lowest BCUT2D eigenvalue weighted by atomic mass is 9.80. The summed E-state index contributed by atoms with van der Waals surface area (Å²) in [5.41, 5.74) is 1.10. The van der Waals surface area contributed by atoms with Gasteiger partial charge < -0.3 is 37.9 Å². The monoisotopic (exact) mass is 864 g/mol. The number of benzene rings is 2. The van der Waals surface area contributed by atoms with E-state index < -0.39 is 67.7 Å². The maximum atomic E-state index is 12.6. The van der Waals surface area contributed by atoms with E-state index in [1.54, 1.807) is 13.0 Å². The van der Waals surface area contributed by atoms with Crippen molar-refractivity contribution in [2.75, 3.05) is 52.9 Å². The zero-order chi connectivity index (χ0) is 45.5. The first-order valence-electron chi connectivity index (χ1n) is 21.5. The minimum atomic E-state index is -1.67. The van der Waals surface area contributed by atoms with Crippen LogP contribution in [0.2, 0.25) is 0 Å². The summed E-state index contributed by atoms with van der Waals surface area (Å²) >= 11 is 0. The molecule has 0 radical (unpaired) electrons. The number of aryl methyl sites for hydroxylation is 1. The molecule has 0 bridgehead atoms. The summed E-state index contributed by atoms with van der Waals surface area (Å²) < 4.78 is 43.4. The Bertz CT molecular complexity index is 1790. The minimum absolute atomic E-state index is 0.0482. The molecule has 0 spiro atoms. The maximum Gasteiger partial charge on any atom is 0.417 e. The van der Waals surface area contributed by atoms with Crippen molar-refractivity contribution in [3.63, 3.8) is 0 Å². The number of ether oxygens (including phenoxy) is 8. The summed E-state index contributed by atoms with van der Waals surface area (Å²) in [5, 5.41) is 0. The minimum Gasteiger partial charge on any atom is -0.493 e. The maximum absolute atomic E-state index is 12.6. The highest BCUT2D eigenvalue weighted by Gasteiger charge is 2.39. The highest BCUT2D eigenvalue weighted by molar-refractivity contribution is 6.30. The summed E-state index contributed by atoms with van der Waals surface area (Å²) in [6.07, 6.45) is 10.9. The molecule has 0 saturated heterocycles. The Balaban J connectivity index is 1.88. The van der Waals surface area contributed by atoms with Crippen LogP contribution in [0.25, 0.3) is 11.1 Å². The lowest BCUT2D eigenvalue weighted by Crippen LogP contribution is -2.45. The lowest BCUT2D eigenvalue weighted by Gasteiger charge is -2.32. The van der Waals surface area contributed by atoms with Crippen LogP contribution in [-0.2, 0) is 63.6 Å². The zero-order valence-electron chi connectivity index (χ0n) is 37.1.